The van der Waals surface area contributed by atoms with Crippen LogP contribution in [-0.4, -0.2) is 15.0 Å². The summed E-state index contributed by atoms with van der Waals surface area (Å²) >= 11 is 0. The molecular weight excluding hydrogens is 258 g/mol. The number of rotatable bonds is 0. The third-order valence-corrected chi connectivity index (χ3v) is 4.04. The summed E-state index contributed by atoms with van der Waals surface area (Å²) in [4.78, 5) is 12.9. The van der Waals surface area contributed by atoms with Crippen LogP contribution in [0.1, 0.15) is 0 Å². The quantitative estimate of drug-likeness (QED) is 0.453. The lowest BCUT2D eigenvalue weighted by Crippen LogP contribution is -1.74. The highest BCUT2D eigenvalue weighted by Crippen LogP contribution is 2.36. The van der Waals surface area contributed by atoms with Gasteiger partial charge in [0.05, 0.1) is 22.2 Å². The minimum Gasteiger partial charge on any atom is -0.351 e. The Labute approximate surface area is 120 Å². The molecule has 0 bridgehead atoms. The summed E-state index contributed by atoms with van der Waals surface area (Å²) in [5, 5.41) is 2.31. The zero-order valence-corrected chi connectivity index (χ0v) is 11.2. The van der Waals surface area contributed by atoms with Gasteiger partial charge in [-0.15, -0.1) is 0 Å². The number of hydrogen-bond acceptors (Lipinski definition) is 2. The van der Waals surface area contributed by atoms with Gasteiger partial charge in [-0.05, 0) is 18.2 Å². The Morgan fingerprint density at radius 3 is 2.57 bits per heavy atom. The molecule has 0 unspecified atom stereocenters. The zero-order valence-electron chi connectivity index (χ0n) is 11.2. The normalized spacial score (nSPS) is 11.8. The molecule has 1 N–H and O–H groups in total. The van der Waals surface area contributed by atoms with Crippen LogP contribution in [0.15, 0.2) is 60.8 Å². The molecular formula is C18H11N3. The number of nitrogens with zero attached hydrogens (tertiary/aromatic N) is 2. The second kappa shape index (κ2) is 3.79. The lowest BCUT2D eigenvalue weighted by atomic mass is 10.1. The maximum Gasteiger partial charge on any atom is 0.0980 e. The van der Waals surface area contributed by atoms with Gasteiger partial charge < -0.3 is 4.98 Å². The maximum absolute atomic E-state index is 4.81. The molecule has 0 fully saturated rings. The van der Waals surface area contributed by atoms with Gasteiger partial charge in [-0.25, -0.2) is 4.98 Å². The summed E-state index contributed by atoms with van der Waals surface area (Å²) in [6.07, 6.45) is 1.87. The van der Waals surface area contributed by atoms with Gasteiger partial charge in [-0.2, -0.15) is 0 Å². The molecule has 98 valence electrons. The van der Waals surface area contributed by atoms with Crippen LogP contribution >= 0.6 is 0 Å². The van der Waals surface area contributed by atoms with Crippen molar-refractivity contribution in [3.63, 3.8) is 0 Å². The Morgan fingerprint density at radius 2 is 1.62 bits per heavy atom. The largest absolute Gasteiger partial charge is 0.351 e. The first-order chi connectivity index (χ1) is 10.4. The molecule has 3 aromatic rings. The van der Waals surface area contributed by atoms with Crippen LogP contribution in [0.25, 0.3) is 44.1 Å². The van der Waals surface area contributed by atoms with Crippen molar-refractivity contribution in [3.8, 4) is 11.3 Å². The predicted molar refractivity (Wildman–Crippen MR) is 85.5 cm³/mol. The fraction of sp³-hybridized carbons (Fsp3) is 0. The van der Waals surface area contributed by atoms with Gasteiger partial charge in [0, 0.05) is 28.0 Å². The highest BCUT2D eigenvalue weighted by atomic mass is 14.8. The number of para-hydroxylation sites is 2. The van der Waals surface area contributed by atoms with Crippen molar-refractivity contribution in [2.24, 2.45) is 0 Å². The van der Waals surface area contributed by atoms with E-state index in [9.17, 15) is 0 Å². The van der Waals surface area contributed by atoms with E-state index in [1.807, 2.05) is 36.5 Å². The Balaban J connectivity index is 2.06. The van der Waals surface area contributed by atoms with Gasteiger partial charge in [0.15, 0.2) is 0 Å². The molecule has 3 nitrogen and oxygen atoms in total. The first-order valence-electron chi connectivity index (χ1n) is 6.96. The van der Waals surface area contributed by atoms with Crippen LogP contribution < -0.4 is 0 Å². The van der Waals surface area contributed by atoms with Crippen molar-refractivity contribution in [3.05, 3.63) is 60.8 Å². The Bertz CT molecular complexity index is 1090. The van der Waals surface area contributed by atoms with Crippen LogP contribution in [0.2, 0.25) is 0 Å². The summed E-state index contributed by atoms with van der Waals surface area (Å²) in [5.41, 5.74) is 6.23. The Morgan fingerprint density at radius 1 is 0.810 bits per heavy atom. The molecule has 0 amide bonds. The highest BCUT2D eigenvalue weighted by molar-refractivity contribution is 6.12. The topological polar surface area (TPSA) is 41.6 Å². The molecule has 2 aromatic carbocycles. The molecule has 0 saturated carbocycles. The number of fused-ring (bicyclic) bond motifs is 7. The predicted octanol–water partition coefficient (Wildman–Crippen LogP) is 4.37. The third kappa shape index (κ3) is 1.37. The van der Waals surface area contributed by atoms with E-state index in [2.05, 4.69) is 34.2 Å². The van der Waals surface area contributed by atoms with Crippen LogP contribution in [-0.2, 0) is 0 Å². The molecule has 0 aliphatic carbocycles. The monoisotopic (exact) mass is 269 g/mol. The van der Waals surface area contributed by atoms with Gasteiger partial charge in [0.2, 0.25) is 0 Å². The summed E-state index contributed by atoms with van der Waals surface area (Å²) in [7, 11) is 0. The van der Waals surface area contributed by atoms with Crippen LogP contribution in [0.5, 0.6) is 0 Å². The molecule has 21 heavy (non-hydrogen) atoms. The number of aromatic amines is 1. The maximum atomic E-state index is 4.81. The lowest BCUT2D eigenvalue weighted by Gasteiger charge is -1.91. The van der Waals surface area contributed by atoms with Gasteiger partial charge in [-0.1, -0.05) is 36.4 Å². The third-order valence-electron chi connectivity index (χ3n) is 4.04. The molecule has 3 heteroatoms. The van der Waals surface area contributed by atoms with Crippen LogP contribution in [0, 0.1) is 0 Å². The second-order valence-corrected chi connectivity index (χ2v) is 5.23. The van der Waals surface area contributed by atoms with Gasteiger partial charge in [-0.3, -0.25) is 4.98 Å². The first-order valence-corrected chi connectivity index (χ1v) is 6.96. The summed E-state index contributed by atoms with van der Waals surface area (Å²) in [5.74, 6) is 0. The van der Waals surface area contributed by atoms with E-state index in [0.29, 0.717) is 0 Å². The highest BCUT2D eigenvalue weighted by Gasteiger charge is 2.16. The summed E-state index contributed by atoms with van der Waals surface area (Å²) in [6, 6.07) is 18.5. The van der Waals surface area contributed by atoms with Gasteiger partial charge in [0.25, 0.3) is 0 Å². The lowest BCUT2D eigenvalue weighted by molar-refractivity contribution is 1.44. The molecule has 3 heterocycles. The number of hydrogen-bond donors (Lipinski definition) is 1. The number of nitrogens with one attached hydrogen (secondary N) is 1. The standard InChI is InChI=1S/C18H11N3/c1-3-7-14-11(5-1)12-9-10-19-16-13-6-2-4-8-15(13)21-18(16)17(12)20-14/h1-10,21H. The van der Waals surface area contributed by atoms with E-state index in [0.717, 1.165) is 38.7 Å². The van der Waals surface area contributed by atoms with Crippen molar-refractivity contribution >= 4 is 32.8 Å². The number of H-pyrrole nitrogens is 1. The van der Waals surface area contributed by atoms with E-state index in [1.165, 1.54) is 5.39 Å². The second-order valence-electron chi connectivity index (χ2n) is 5.23. The summed E-state index contributed by atoms with van der Waals surface area (Å²) in [6.45, 7) is 0. The van der Waals surface area contributed by atoms with Crippen molar-refractivity contribution in [2.45, 2.75) is 0 Å². The number of aromatic nitrogens is 3. The molecule has 0 atom stereocenters. The molecule has 5 rings (SSSR count). The van der Waals surface area contributed by atoms with Crippen molar-refractivity contribution < 1.29 is 0 Å². The first kappa shape index (κ1) is 10.8. The average Bonchev–Trinajstić information content (AvgIpc) is 3.02. The van der Waals surface area contributed by atoms with Crippen LogP contribution in [0.4, 0.5) is 0 Å². The van der Waals surface area contributed by atoms with Crippen molar-refractivity contribution in [1.82, 2.24) is 15.0 Å². The minimum atomic E-state index is 0.975. The van der Waals surface area contributed by atoms with E-state index in [-0.39, 0.29) is 0 Å². The fourth-order valence-corrected chi connectivity index (χ4v) is 3.09. The van der Waals surface area contributed by atoms with Crippen molar-refractivity contribution in [2.75, 3.05) is 0 Å². The van der Waals surface area contributed by atoms with Crippen LogP contribution in [0.3, 0.4) is 0 Å². The molecule has 0 saturated heterocycles. The van der Waals surface area contributed by atoms with Gasteiger partial charge >= 0.3 is 0 Å². The Hall–Kier alpha value is -2.94. The zero-order chi connectivity index (χ0) is 13.8. The molecule has 2 aliphatic heterocycles. The van der Waals surface area contributed by atoms with E-state index in [4.69, 9.17) is 4.98 Å². The molecule has 2 aliphatic rings. The van der Waals surface area contributed by atoms with Crippen molar-refractivity contribution in [1.29, 1.82) is 0 Å². The van der Waals surface area contributed by atoms with E-state index < -0.39 is 0 Å². The Kier molecular flexibility index (Phi) is 1.95. The average molecular weight is 269 g/mol. The molecule has 0 radical (unpaired) electrons. The van der Waals surface area contributed by atoms with E-state index >= 15 is 0 Å². The van der Waals surface area contributed by atoms with Gasteiger partial charge in [0.1, 0.15) is 0 Å². The SMILES string of the molecule is c1ccc2c3ccnc4c([nH]c5ccccc54)c-3nc2c1. The smallest absolute Gasteiger partial charge is 0.0980 e. The summed E-state index contributed by atoms with van der Waals surface area (Å²) < 4.78 is 0. The number of benzene rings is 2. The minimum absolute atomic E-state index is 0.975. The molecule has 1 aromatic heterocycles. The van der Waals surface area contributed by atoms with E-state index in [1.54, 1.807) is 0 Å². The fourth-order valence-electron chi connectivity index (χ4n) is 3.09. The molecule has 0 spiro atoms.